The Morgan fingerprint density at radius 1 is 1.04 bits per heavy atom. The van der Waals surface area contributed by atoms with Gasteiger partial charge in [-0.3, -0.25) is 39.0 Å². The minimum atomic E-state index is -1.08. The third-order valence-electron chi connectivity index (χ3n) is 9.76. The number of amides is 5. The van der Waals surface area contributed by atoms with Gasteiger partial charge < -0.3 is 24.7 Å². The molecule has 1 unspecified atom stereocenters. The lowest BCUT2D eigenvalue weighted by Gasteiger charge is -2.32. The zero-order valence-electron chi connectivity index (χ0n) is 27.7. The number of rotatable bonds is 10. The van der Waals surface area contributed by atoms with Crippen LogP contribution in [0.15, 0.2) is 35.1 Å². The average Bonchev–Trinajstić information content (AvgIpc) is 3.38. The van der Waals surface area contributed by atoms with Crippen LogP contribution in [-0.4, -0.2) is 100 Å². The first-order valence-electron chi connectivity index (χ1n) is 17.1. The number of fused-ring (bicyclic) bond motifs is 2. The van der Waals surface area contributed by atoms with Gasteiger partial charge in [0.1, 0.15) is 28.8 Å². The number of hydrogen-bond donors (Lipinski definition) is 3. The third kappa shape index (κ3) is 7.33. The van der Waals surface area contributed by atoms with E-state index in [1.54, 1.807) is 34.9 Å². The molecule has 268 valence electrons. The first-order chi connectivity index (χ1) is 24.7. The number of carbonyl (C=O) groups is 5. The van der Waals surface area contributed by atoms with Crippen molar-refractivity contribution in [3.8, 4) is 5.75 Å². The van der Waals surface area contributed by atoms with Gasteiger partial charge >= 0.3 is 0 Å². The molecule has 5 heterocycles. The normalized spacial score (nSPS) is 20.1. The van der Waals surface area contributed by atoms with Crippen molar-refractivity contribution >= 4 is 57.9 Å². The number of anilines is 1. The molecule has 4 aliphatic rings. The Balaban J connectivity index is 0.912. The fraction of sp³-hybridized carbons (Fsp3) is 0.457. The van der Waals surface area contributed by atoms with E-state index in [2.05, 4.69) is 20.6 Å². The van der Waals surface area contributed by atoms with E-state index in [0.29, 0.717) is 55.1 Å². The van der Waals surface area contributed by atoms with E-state index in [0.717, 1.165) is 31.0 Å². The number of likely N-dealkylation sites (tertiary alicyclic amines) is 1. The van der Waals surface area contributed by atoms with Gasteiger partial charge in [-0.05, 0) is 50.2 Å². The van der Waals surface area contributed by atoms with Crippen molar-refractivity contribution in [2.45, 2.75) is 55.6 Å². The number of ether oxygens (including phenoxy) is 2. The largest absolute Gasteiger partial charge is 0.493 e. The van der Waals surface area contributed by atoms with Gasteiger partial charge in [-0.15, -0.1) is 0 Å². The molecule has 14 nitrogen and oxygen atoms in total. The van der Waals surface area contributed by atoms with Gasteiger partial charge in [0.05, 0.1) is 35.5 Å². The van der Waals surface area contributed by atoms with Crippen LogP contribution in [0.5, 0.6) is 5.75 Å². The van der Waals surface area contributed by atoms with E-state index in [4.69, 9.17) is 9.47 Å². The predicted molar refractivity (Wildman–Crippen MR) is 184 cm³/mol. The molecule has 1 aromatic heterocycles. The molecule has 2 aromatic carbocycles. The van der Waals surface area contributed by atoms with E-state index < -0.39 is 41.0 Å². The highest BCUT2D eigenvalue weighted by Crippen LogP contribution is 2.33. The summed E-state index contributed by atoms with van der Waals surface area (Å²) < 4.78 is 26.4. The van der Waals surface area contributed by atoms with Crippen LogP contribution in [0, 0.1) is 11.7 Å². The molecule has 4 aliphatic heterocycles. The minimum Gasteiger partial charge on any atom is -0.493 e. The van der Waals surface area contributed by atoms with E-state index in [-0.39, 0.29) is 59.0 Å². The van der Waals surface area contributed by atoms with Gasteiger partial charge in [-0.1, -0.05) is 6.07 Å². The molecule has 1 atom stereocenters. The molecule has 0 aliphatic carbocycles. The lowest BCUT2D eigenvalue weighted by atomic mass is 9.97. The molecule has 3 fully saturated rings. The molecule has 0 bridgehead atoms. The summed E-state index contributed by atoms with van der Waals surface area (Å²) in [5.41, 5.74) is 0.237. The molecule has 5 amide bonds. The van der Waals surface area contributed by atoms with Gasteiger partial charge in [0.25, 0.3) is 17.4 Å². The molecular formula is C35H37FN6O8S. The van der Waals surface area contributed by atoms with Gasteiger partial charge in [0.15, 0.2) is 0 Å². The lowest BCUT2D eigenvalue weighted by Crippen LogP contribution is -2.54. The number of aromatic nitrogens is 2. The van der Waals surface area contributed by atoms with Crippen LogP contribution >= 0.6 is 11.8 Å². The van der Waals surface area contributed by atoms with Crippen molar-refractivity contribution in [3.63, 3.8) is 0 Å². The zero-order chi connectivity index (χ0) is 35.6. The summed E-state index contributed by atoms with van der Waals surface area (Å²) in [5.74, 6) is -1.93. The third-order valence-corrected chi connectivity index (χ3v) is 11.1. The van der Waals surface area contributed by atoms with Gasteiger partial charge in [0.2, 0.25) is 17.7 Å². The monoisotopic (exact) mass is 720 g/mol. The van der Waals surface area contributed by atoms with Crippen molar-refractivity contribution in [1.82, 2.24) is 25.1 Å². The lowest BCUT2D eigenvalue weighted by molar-refractivity contribution is -0.136. The Kier molecular flexibility index (Phi) is 10.0. The number of benzene rings is 2. The van der Waals surface area contributed by atoms with E-state index >= 15 is 0 Å². The van der Waals surface area contributed by atoms with Crippen LogP contribution in [0.4, 0.5) is 10.1 Å². The number of piperidine rings is 2. The number of aromatic amines is 1. The SMILES string of the molecule is O=C1CCC(N2C(=O)c3cccc(NCC(=O)N4CCC(COc5cc(F)c6c(=O)[nH]c(CSC7CCOCC7)nc6c5)CC4)c3C2=O)C(=O)N1. The number of carbonyl (C=O) groups excluding carboxylic acids is 5. The summed E-state index contributed by atoms with van der Waals surface area (Å²) in [7, 11) is 0. The maximum absolute atomic E-state index is 15.0. The van der Waals surface area contributed by atoms with Crippen LogP contribution in [0.25, 0.3) is 10.9 Å². The quantitative estimate of drug-likeness (QED) is 0.262. The van der Waals surface area contributed by atoms with Crippen molar-refractivity contribution in [3.05, 3.63) is 63.5 Å². The van der Waals surface area contributed by atoms with Crippen molar-refractivity contribution < 1.29 is 37.8 Å². The number of thioether (sulfide) groups is 1. The summed E-state index contributed by atoms with van der Waals surface area (Å²) in [6, 6.07) is 6.39. The Bertz CT molecular complexity index is 1960. The molecule has 7 rings (SSSR count). The second-order valence-corrected chi connectivity index (χ2v) is 14.4. The second kappa shape index (κ2) is 14.8. The summed E-state index contributed by atoms with van der Waals surface area (Å²) in [6.07, 6.45) is 3.26. The van der Waals surface area contributed by atoms with Crippen LogP contribution in [-0.2, 0) is 24.9 Å². The average molecular weight is 721 g/mol. The Morgan fingerprint density at radius 2 is 1.82 bits per heavy atom. The van der Waals surface area contributed by atoms with Crippen LogP contribution in [0.1, 0.15) is 65.1 Å². The second-order valence-electron chi connectivity index (χ2n) is 13.1. The molecule has 0 saturated carbocycles. The summed E-state index contributed by atoms with van der Waals surface area (Å²) >= 11 is 1.70. The number of hydrogen-bond acceptors (Lipinski definition) is 11. The standard InChI is InChI=1S/C35H37FN6O8S/c36-23-14-20(15-25-31(23)33(46)39-27(38-25)18-51-21-8-12-49-13-9-21)50-17-19-6-10-41(11-7-19)29(44)16-37-24-3-1-2-22-30(24)35(48)42(34(22)47)26-4-5-28(43)40-32(26)45/h1-3,14-15,19,21,26,37H,4-13,16-18H2,(H,38,39,46)(H,40,43,45). The Morgan fingerprint density at radius 3 is 2.59 bits per heavy atom. The van der Waals surface area contributed by atoms with Crippen molar-refractivity contribution in [2.24, 2.45) is 5.92 Å². The van der Waals surface area contributed by atoms with E-state index in [9.17, 15) is 33.2 Å². The molecule has 3 N–H and O–H groups in total. The van der Waals surface area contributed by atoms with Crippen molar-refractivity contribution in [2.75, 3.05) is 44.8 Å². The Labute approximate surface area is 295 Å². The first-order valence-corrected chi connectivity index (χ1v) is 18.1. The van der Waals surface area contributed by atoms with Gasteiger partial charge in [-0.2, -0.15) is 11.8 Å². The van der Waals surface area contributed by atoms with Gasteiger partial charge in [0, 0.05) is 55.8 Å². The van der Waals surface area contributed by atoms with Crippen LogP contribution < -0.4 is 20.9 Å². The number of nitrogens with zero attached hydrogens (tertiary/aromatic N) is 3. The maximum Gasteiger partial charge on any atom is 0.264 e. The highest BCUT2D eigenvalue weighted by atomic mass is 32.2. The van der Waals surface area contributed by atoms with Crippen LogP contribution in [0.2, 0.25) is 0 Å². The molecule has 0 spiro atoms. The topological polar surface area (TPSA) is 180 Å². The first kappa shape index (κ1) is 34.6. The fourth-order valence-electron chi connectivity index (χ4n) is 6.95. The molecule has 0 radical (unpaired) electrons. The maximum atomic E-state index is 15.0. The van der Waals surface area contributed by atoms with E-state index in [1.165, 1.54) is 12.1 Å². The Hall–Kier alpha value is -4.83. The number of H-pyrrole nitrogens is 1. The molecular weight excluding hydrogens is 683 g/mol. The summed E-state index contributed by atoms with van der Waals surface area (Å²) in [6.45, 7) is 2.57. The molecule has 51 heavy (non-hydrogen) atoms. The highest BCUT2D eigenvalue weighted by Gasteiger charge is 2.45. The van der Waals surface area contributed by atoms with E-state index in [1.807, 2.05) is 0 Å². The number of imide groups is 2. The predicted octanol–water partition coefficient (Wildman–Crippen LogP) is 2.61. The minimum absolute atomic E-state index is 0.0195. The van der Waals surface area contributed by atoms with Gasteiger partial charge in [-0.25, -0.2) is 9.37 Å². The van der Waals surface area contributed by atoms with Crippen molar-refractivity contribution in [1.29, 1.82) is 0 Å². The molecule has 16 heteroatoms. The smallest absolute Gasteiger partial charge is 0.264 e. The summed E-state index contributed by atoms with van der Waals surface area (Å²) in [4.78, 5) is 86.1. The molecule has 3 saturated heterocycles. The molecule has 3 aromatic rings. The van der Waals surface area contributed by atoms with Crippen LogP contribution in [0.3, 0.4) is 0 Å². The fourth-order valence-corrected chi connectivity index (χ4v) is 8.00. The number of nitrogens with one attached hydrogen (secondary N) is 3. The highest BCUT2D eigenvalue weighted by molar-refractivity contribution is 7.99. The summed E-state index contributed by atoms with van der Waals surface area (Å²) in [5, 5.41) is 5.50. The number of halogens is 1. The zero-order valence-corrected chi connectivity index (χ0v) is 28.5.